The SMILES string of the molecule is c1ccc(N2CCN(c3ccccc3C3OCCO3)CC2)c(C2OCCO2)c1. The number of anilines is 2. The van der Waals surface area contributed by atoms with Crippen molar-refractivity contribution in [3.63, 3.8) is 0 Å². The van der Waals surface area contributed by atoms with E-state index in [2.05, 4.69) is 58.3 Å². The van der Waals surface area contributed by atoms with Crippen molar-refractivity contribution >= 4 is 11.4 Å². The molecule has 0 amide bonds. The molecule has 28 heavy (non-hydrogen) atoms. The molecule has 0 bridgehead atoms. The van der Waals surface area contributed by atoms with Crippen molar-refractivity contribution in [2.45, 2.75) is 12.6 Å². The first kappa shape index (κ1) is 17.9. The van der Waals surface area contributed by atoms with Crippen LogP contribution in [0.15, 0.2) is 48.5 Å². The molecule has 0 aromatic heterocycles. The molecular formula is C22H26N2O4. The van der Waals surface area contributed by atoms with Crippen LogP contribution in [0, 0.1) is 0 Å². The van der Waals surface area contributed by atoms with Crippen molar-refractivity contribution in [2.75, 3.05) is 62.4 Å². The lowest BCUT2D eigenvalue weighted by Gasteiger charge is -2.39. The summed E-state index contributed by atoms with van der Waals surface area (Å²) in [5.41, 5.74) is 4.68. The quantitative estimate of drug-likeness (QED) is 0.810. The lowest BCUT2D eigenvalue weighted by Crippen LogP contribution is -2.47. The van der Waals surface area contributed by atoms with Crippen LogP contribution < -0.4 is 9.80 Å². The maximum absolute atomic E-state index is 5.75. The topological polar surface area (TPSA) is 43.4 Å². The highest BCUT2D eigenvalue weighted by Crippen LogP contribution is 2.35. The Bertz CT molecular complexity index is 727. The van der Waals surface area contributed by atoms with Crippen molar-refractivity contribution < 1.29 is 18.9 Å². The molecule has 2 aromatic carbocycles. The molecular weight excluding hydrogens is 356 g/mol. The fourth-order valence-corrected chi connectivity index (χ4v) is 4.21. The third-order valence-electron chi connectivity index (χ3n) is 5.59. The Morgan fingerprint density at radius 1 is 0.536 bits per heavy atom. The van der Waals surface area contributed by atoms with Crippen LogP contribution in [0.5, 0.6) is 0 Å². The van der Waals surface area contributed by atoms with Gasteiger partial charge in [0, 0.05) is 48.7 Å². The van der Waals surface area contributed by atoms with E-state index < -0.39 is 0 Å². The van der Waals surface area contributed by atoms with E-state index in [0.29, 0.717) is 26.4 Å². The van der Waals surface area contributed by atoms with Crippen molar-refractivity contribution in [1.29, 1.82) is 0 Å². The van der Waals surface area contributed by atoms with Crippen LogP contribution in [0.4, 0.5) is 11.4 Å². The Kier molecular flexibility index (Phi) is 5.18. The zero-order valence-electron chi connectivity index (χ0n) is 16.0. The van der Waals surface area contributed by atoms with E-state index >= 15 is 0 Å². The number of ether oxygens (including phenoxy) is 4. The van der Waals surface area contributed by atoms with E-state index in [0.717, 1.165) is 37.3 Å². The summed E-state index contributed by atoms with van der Waals surface area (Å²) in [4.78, 5) is 4.87. The van der Waals surface area contributed by atoms with Crippen molar-refractivity contribution in [3.8, 4) is 0 Å². The molecule has 3 heterocycles. The normalized spacial score (nSPS) is 21.6. The van der Waals surface area contributed by atoms with Crippen molar-refractivity contribution in [2.24, 2.45) is 0 Å². The lowest BCUT2D eigenvalue weighted by molar-refractivity contribution is -0.0440. The van der Waals surface area contributed by atoms with Crippen LogP contribution >= 0.6 is 0 Å². The number of nitrogens with zero attached hydrogens (tertiary/aromatic N) is 2. The first-order valence-corrected chi connectivity index (χ1v) is 10.0. The zero-order chi connectivity index (χ0) is 18.8. The molecule has 6 nitrogen and oxygen atoms in total. The van der Waals surface area contributed by atoms with Gasteiger partial charge in [0.1, 0.15) is 0 Å². The molecule has 6 heteroatoms. The van der Waals surface area contributed by atoms with Gasteiger partial charge in [-0.25, -0.2) is 0 Å². The van der Waals surface area contributed by atoms with Crippen LogP contribution in [-0.2, 0) is 18.9 Å². The van der Waals surface area contributed by atoms with Crippen molar-refractivity contribution in [3.05, 3.63) is 59.7 Å². The highest BCUT2D eigenvalue weighted by atomic mass is 16.7. The Morgan fingerprint density at radius 3 is 1.29 bits per heavy atom. The average molecular weight is 382 g/mol. The molecule has 3 aliphatic rings. The predicted molar refractivity (Wildman–Crippen MR) is 107 cm³/mol. The van der Waals surface area contributed by atoms with E-state index in [-0.39, 0.29) is 12.6 Å². The third kappa shape index (κ3) is 3.49. The minimum atomic E-state index is -0.244. The highest BCUT2D eigenvalue weighted by Gasteiger charge is 2.28. The second-order valence-electron chi connectivity index (χ2n) is 7.24. The molecule has 0 spiro atoms. The number of hydrogen-bond acceptors (Lipinski definition) is 6. The molecule has 2 aromatic rings. The van der Waals surface area contributed by atoms with Crippen LogP contribution in [-0.4, -0.2) is 52.6 Å². The Hall–Kier alpha value is -2.12. The molecule has 3 fully saturated rings. The summed E-state index contributed by atoms with van der Waals surface area (Å²) in [6.07, 6.45) is -0.488. The van der Waals surface area contributed by atoms with Gasteiger partial charge in [-0.1, -0.05) is 36.4 Å². The fourth-order valence-electron chi connectivity index (χ4n) is 4.21. The number of para-hydroxylation sites is 2. The van der Waals surface area contributed by atoms with Crippen LogP contribution in [0.25, 0.3) is 0 Å². The van der Waals surface area contributed by atoms with Gasteiger partial charge in [-0.05, 0) is 12.1 Å². The van der Waals surface area contributed by atoms with Crippen LogP contribution in [0.1, 0.15) is 23.7 Å². The van der Waals surface area contributed by atoms with Crippen LogP contribution in [0.2, 0.25) is 0 Å². The van der Waals surface area contributed by atoms with Gasteiger partial charge in [-0.15, -0.1) is 0 Å². The molecule has 0 radical (unpaired) electrons. The number of benzene rings is 2. The molecule has 3 aliphatic heterocycles. The van der Waals surface area contributed by atoms with Gasteiger partial charge in [0.2, 0.25) is 0 Å². The molecule has 0 N–H and O–H groups in total. The number of piperazine rings is 1. The lowest BCUT2D eigenvalue weighted by atomic mass is 10.1. The monoisotopic (exact) mass is 382 g/mol. The number of hydrogen-bond donors (Lipinski definition) is 0. The second-order valence-corrected chi connectivity index (χ2v) is 7.24. The molecule has 3 saturated heterocycles. The van der Waals surface area contributed by atoms with Gasteiger partial charge in [0.05, 0.1) is 26.4 Å². The minimum Gasteiger partial charge on any atom is -0.368 e. The largest absolute Gasteiger partial charge is 0.368 e. The second kappa shape index (κ2) is 8.09. The van der Waals surface area contributed by atoms with E-state index in [4.69, 9.17) is 18.9 Å². The van der Waals surface area contributed by atoms with Crippen molar-refractivity contribution in [1.82, 2.24) is 0 Å². The first-order chi connectivity index (χ1) is 13.9. The van der Waals surface area contributed by atoms with E-state index in [9.17, 15) is 0 Å². The molecule has 148 valence electrons. The van der Waals surface area contributed by atoms with Gasteiger partial charge >= 0.3 is 0 Å². The summed E-state index contributed by atoms with van der Waals surface area (Å²) in [5.74, 6) is 0. The molecule has 0 unspecified atom stereocenters. The van der Waals surface area contributed by atoms with E-state index in [1.165, 1.54) is 11.4 Å². The van der Waals surface area contributed by atoms with Gasteiger partial charge < -0.3 is 28.7 Å². The van der Waals surface area contributed by atoms with E-state index in [1.54, 1.807) is 0 Å². The molecule has 0 aliphatic carbocycles. The van der Waals surface area contributed by atoms with Crippen LogP contribution in [0.3, 0.4) is 0 Å². The maximum Gasteiger partial charge on any atom is 0.186 e. The summed E-state index contributed by atoms with van der Waals surface area (Å²) in [6.45, 7) is 6.44. The summed E-state index contributed by atoms with van der Waals surface area (Å²) in [5, 5.41) is 0. The predicted octanol–water partition coefficient (Wildman–Crippen LogP) is 3.10. The highest BCUT2D eigenvalue weighted by molar-refractivity contribution is 5.59. The summed E-state index contributed by atoms with van der Waals surface area (Å²) in [6, 6.07) is 16.8. The molecule has 0 saturated carbocycles. The standard InChI is InChI=1S/C22H26N2O4/c1-3-7-19(17(5-1)21-25-13-14-26-21)23-9-11-24(12-10-23)20-8-4-2-6-18(20)22-27-15-16-28-22/h1-8,21-22H,9-16H2. The first-order valence-electron chi connectivity index (χ1n) is 10.0. The summed E-state index contributed by atoms with van der Waals surface area (Å²) >= 11 is 0. The van der Waals surface area contributed by atoms with Gasteiger partial charge in [-0.2, -0.15) is 0 Å². The Labute approximate surface area is 165 Å². The van der Waals surface area contributed by atoms with Gasteiger partial charge in [0.15, 0.2) is 12.6 Å². The molecule has 0 atom stereocenters. The Morgan fingerprint density at radius 2 is 0.893 bits per heavy atom. The summed E-state index contributed by atoms with van der Waals surface area (Å²) in [7, 11) is 0. The van der Waals surface area contributed by atoms with Gasteiger partial charge in [-0.3, -0.25) is 0 Å². The molecule has 5 rings (SSSR count). The third-order valence-corrected chi connectivity index (χ3v) is 5.59. The minimum absolute atomic E-state index is 0.244. The van der Waals surface area contributed by atoms with E-state index in [1.807, 2.05) is 0 Å². The average Bonchev–Trinajstić information content (AvgIpc) is 3.48. The smallest absolute Gasteiger partial charge is 0.186 e. The zero-order valence-corrected chi connectivity index (χ0v) is 16.0. The van der Waals surface area contributed by atoms with Gasteiger partial charge in [0.25, 0.3) is 0 Å². The maximum atomic E-state index is 5.75. The fraction of sp³-hybridized carbons (Fsp3) is 0.455. The Balaban J connectivity index is 1.32. The number of rotatable bonds is 4. The summed E-state index contributed by atoms with van der Waals surface area (Å²) < 4.78 is 23.0.